The van der Waals surface area contributed by atoms with Crippen molar-refractivity contribution >= 4 is 29.3 Å². The Bertz CT molecular complexity index is 532. The Morgan fingerprint density at radius 2 is 1.95 bits per heavy atom. The van der Waals surface area contributed by atoms with Crippen LogP contribution < -0.4 is 5.32 Å². The van der Waals surface area contributed by atoms with Gasteiger partial charge in [-0.15, -0.1) is 11.8 Å². The van der Waals surface area contributed by atoms with Crippen molar-refractivity contribution in [3.8, 4) is 0 Å². The summed E-state index contributed by atoms with van der Waals surface area (Å²) in [5.74, 6) is 2.61. The van der Waals surface area contributed by atoms with Crippen molar-refractivity contribution in [3.63, 3.8) is 0 Å². The zero-order valence-electron chi connectivity index (χ0n) is 13.2. The summed E-state index contributed by atoms with van der Waals surface area (Å²) < 4.78 is 0. The Labute approximate surface area is 142 Å². The summed E-state index contributed by atoms with van der Waals surface area (Å²) in [6.07, 6.45) is 5.47. The van der Waals surface area contributed by atoms with Gasteiger partial charge in [-0.1, -0.05) is 18.0 Å². The molecule has 2 fully saturated rings. The average molecular weight is 338 g/mol. The van der Waals surface area contributed by atoms with E-state index in [2.05, 4.69) is 12.2 Å². The second-order valence-corrected chi connectivity index (χ2v) is 8.70. The summed E-state index contributed by atoms with van der Waals surface area (Å²) in [5.41, 5.74) is 0. The van der Waals surface area contributed by atoms with Crippen molar-refractivity contribution in [2.75, 3.05) is 0 Å². The van der Waals surface area contributed by atoms with Gasteiger partial charge in [-0.2, -0.15) is 0 Å². The molecular weight excluding hydrogens is 314 g/mol. The molecular formula is C18H24ClNOS. The summed E-state index contributed by atoms with van der Waals surface area (Å²) in [6, 6.07) is 7.97. The van der Waals surface area contributed by atoms with Crippen LogP contribution in [0, 0.1) is 17.8 Å². The van der Waals surface area contributed by atoms with Gasteiger partial charge in [0, 0.05) is 16.0 Å². The molecule has 4 heteroatoms. The first-order valence-corrected chi connectivity index (χ1v) is 9.51. The fourth-order valence-electron chi connectivity index (χ4n) is 4.13. The molecule has 2 saturated carbocycles. The van der Waals surface area contributed by atoms with E-state index in [1.54, 1.807) is 11.8 Å². The molecule has 1 aromatic carbocycles. The number of fused-ring (bicyclic) bond motifs is 2. The minimum Gasteiger partial charge on any atom is -0.352 e. The first-order chi connectivity index (χ1) is 10.5. The monoisotopic (exact) mass is 337 g/mol. The number of amides is 1. The molecule has 2 bridgehead atoms. The highest BCUT2D eigenvalue weighted by Gasteiger charge is 2.42. The molecule has 0 aliphatic heterocycles. The summed E-state index contributed by atoms with van der Waals surface area (Å²) in [6.45, 7) is 4.16. The number of carbonyl (C=O) groups excluding carboxylic acids is 1. The number of hydrogen-bond donors (Lipinski definition) is 1. The number of thioether (sulfide) groups is 1. The van der Waals surface area contributed by atoms with E-state index in [1.807, 2.05) is 31.2 Å². The van der Waals surface area contributed by atoms with E-state index in [9.17, 15) is 4.79 Å². The van der Waals surface area contributed by atoms with Crippen LogP contribution in [0.4, 0.5) is 0 Å². The van der Waals surface area contributed by atoms with Crippen molar-refractivity contribution in [2.24, 2.45) is 17.8 Å². The molecule has 0 radical (unpaired) electrons. The maximum absolute atomic E-state index is 12.4. The largest absolute Gasteiger partial charge is 0.352 e. The molecule has 120 valence electrons. The van der Waals surface area contributed by atoms with Gasteiger partial charge >= 0.3 is 0 Å². The summed E-state index contributed by atoms with van der Waals surface area (Å²) in [4.78, 5) is 13.5. The van der Waals surface area contributed by atoms with Gasteiger partial charge in [-0.3, -0.25) is 4.79 Å². The first kappa shape index (κ1) is 16.2. The molecule has 1 amide bonds. The van der Waals surface area contributed by atoms with Gasteiger partial charge in [0.25, 0.3) is 0 Å². The second kappa shape index (κ2) is 6.84. The zero-order chi connectivity index (χ0) is 15.7. The van der Waals surface area contributed by atoms with Gasteiger partial charge in [-0.05, 0) is 75.1 Å². The number of benzene rings is 1. The van der Waals surface area contributed by atoms with Crippen LogP contribution in [0.5, 0.6) is 0 Å². The molecule has 22 heavy (non-hydrogen) atoms. The standard InChI is InChI=1S/C18H24ClNOS/c1-11(17-10-13-3-4-14(17)9-13)20-18(21)12(2)22-16-7-5-15(19)6-8-16/h5-8,11-14,17H,3-4,9-10H2,1-2H3,(H,20,21)/t11-,12-,13-,14-,17+/m0/s1. The Hall–Kier alpha value is -0.670. The van der Waals surface area contributed by atoms with Gasteiger partial charge in [0.15, 0.2) is 0 Å². The highest BCUT2D eigenvalue weighted by molar-refractivity contribution is 8.00. The Morgan fingerprint density at radius 3 is 2.55 bits per heavy atom. The third kappa shape index (κ3) is 3.62. The predicted molar refractivity (Wildman–Crippen MR) is 93.3 cm³/mol. The number of hydrogen-bond acceptors (Lipinski definition) is 2. The second-order valence-electron chi connectivity index (χ2n) is 6.85. The predicted octanol–water partition coefficient (Wildman–Crippen LogP) is 4.76. The molecule has 5 atom stereocenters. The van der Waals surface area contributed by atoms with Crippen LogP contribution in [-0.2, 0) is 4.79 Å². The lowest BCUT2D eigenvalue weighted by Gasteiger charge is -2.29. The van der Waals surface area contributed by atoms with E-state index >= 15 is 0 Å². The molecule has 0 saturated heterocycles. The van der Waals surface area contributed by atoms with Crippen molar-refractivity contribution in [1.29, 1.82) is 0 Å². The van der Waals surface area contributed by atoms with Gasteiger partial charge in [0.2, 0.25) is 5.91 Å². The summed E-state index contributed by atoms with van der Waals surface area (Å²) >= 11 is 7.48. The lowest BCUT2D eigenvalue weighted by Crippen LogP contribution is -2.43. The van der Waals surface area contributed by atoms with E-state index in [0.717, 1.165) is 21.8 Å². The molecule has 2 aliphatic carbocycles. The van der Waals surface area contributed by atoms with Crippen molar-refractivity contribution in [1.82, 2.24) is 5.32 Å². The molecule has 1 N–H and O–H groups in total. The lowest BCUT2D eigenvalue weighted by atomic mass is 9.84. The van der Waals surface area contributed by atoms with E-state index in [0.29, 0.717) is 12.0 Å². The van der Waals surface area contributed by atoms with Gasteiger partial charge < -0.3 is 5.32 Å². The third-order valence-corrected chi connectivity index (χ3v) is 6.66. The normalized spacial score (nSPS) is 29.3. The summed E-state index contributed by atoms with van der Waals surface area (Å²) in [5, 5.41) is 3.90. The fraction of sp³-hybridized carbons (Fsp3) is 0.611. The maximum Gasteiger partial charge on any atom is 0.233 e. The van der Waals surface area contributed by atoms with Crippen LogP contribution in [0.25, 0.3) is 0 Å². The lowest BCUT2D eigenvalue weighted by molar-refractivity contribution is -0.121. The molecule has 2 aliphatic rings. The molecule has 1 aromatic rings. The maximum atomic E-state index is 12.4. The van der Waals surface area contributed by atoms with Crippen molar-refractivity contribution in [3.05, 3.63) is 29.3 Å². The minimum atomic E-state index is -0.0813. The van der Waals surface area contributed by atoms with E-state index in [4.69, 9.17) is 11.6 Å². The SMILES string of the molecule is C[C@H](Sc1ccc(Cl)cc1)C(=O)N[C@@H](C)[C@H]1C[C@H]2CC[C@H]1C2. The number of carbonyl (C=O) groups is 1. The fourth-order valence-corrected chi connectivity index (χ4v) is 5.13. The quantitative estimate of drug-likeness (QED) is 0.785. The van der Waals surface area contributed by atoms with Gasteiger partial charge in [0.05, 0.1) is 5.25 Å². The van der Waals surface area contributed by atoms with Crippen molar-refractivity contribution < 1.29 is 4.79 Å². The van der Waals surface area contributed by atoms with Crippen LogP contribution in [0.1, 0.15) is 39.5 Å². The number of nitrogens with one attached hydrogen (secondary N) is 1. The van der Waals surface area contributed by atoms with E-state index in [-0.39, 0.29) is 11.2 Å². The van der Waals surface area contributed by atoms with E-state index in [1.165, 1.54) is 25.7 Å². The van der Waals surface area contributed by atoms with Crippen LogP contribution in [0.2, 0.25) is 5.02 Å². The Balaban J connectivity index is 1.51. The van der Waals surface area contributed by atoms with Crippen LogP contribution in [0.15, 0.2) is 29.2 Å². The van der Waals surface area contributed by atoms with Crippen LogP contribution >= 0.6 is 23.4 Å². The number of rotatable bonds is 5. The molecule has 0 aromatic heterocycles. The van der Waals surface area contributed by atoms with E-state index < -0.39 is 0 Å². The summed E-state index contributed by atoms with van der Waals surface area (Å²) in [7, 11) is 0. The third-order valence-electron chi connectivity index (χ3n) is 5.30. The number of halogens is 1. The zero-order valence-corrected chi connectivity index (χ0v) is 14.8. The van der Waals surface area contributed by atoms with Crippen LogP contribution in [0.3, 0.4) is 0 Å². The molecule has 0 unspecified atom stereocenters. The highest BCUT2D eigenvalue weighted by Crippen LogP contribution is 2.49. The molecule has 2 nitrogen and oxygen atoms in total. The average Bonchev–Trinajstić information content (AvgIpc) is 3.12. The van der Waals surface area contributed by atoms with Gasteiger partial charge in [-0.25, -0.2) is 0 Å². The smallest absolute Gasteiger partial charge is 0.233 e. The van der Waals surface area contributed by atoms with Gasteiger partial charge in [0.1, 0.15) is 0 Å². The minimum absolute atomic E-state index is 0.0813. The topological polar surface area (TPSA) is 29.1 Å². The molecule has 3 rings (SSSR count). The Kier molecular flexibility index (Phi) is 5.03. The first-order valence-electron chi connectivity index (χ1n) is 8.25. The van der Waals surface area contributed by atoms with Crippen molar-refractivity contribution in [2.45, 2.75) is 55.7 Å². The molecule has 0 spiro atoms. The highest BCUT2D eigenvalue weighted by atomic mass is 35.5. The van der Waals surface area contributed by atoms with Crippen LogP contribution in [-0.4, -0.2) is 17.2 Å². The molecule has 0 heterocycles. The Morgan fingerprint density at radius 1 is 1.23 bits per heavy atom.